The molecule has 0 fully saturated rings. The maximum Gasteiger partial charge on any atom is 0.143 e. The van der Waals surface area contributed by atoms with Crippen molar-refractivity contribution >= 4 is 76.3 Å². The smallest absolute Gasteiger partial charge is 0.143 e. The lowest BCUT2D eigenvalue weighted by molar-refractivity contribution is 0.672. The molecule has 3 aromatic heterocycles. The molecule has 7 aromatic carbocycles. The lowest BCUT2D eigenvalue weighted by atomic mass is 10.1. The van der Waals surface area contributed by atoms with Crippen LogP contribution in [0.4, 0.5) is 0 Å². The fraction of sp³-hybridized carbons (Fsp3) is 0. The topological polar surface area (TPSA) is 23.0 Å². The SMILES string of the molecule is c1ccc(-n2c3ccccc3c3c4c5ccccc5n(-c5ccc6oc7c8ccccc8ccc7c6c5)c4ccc32)cc1. The highest BCUT2D eigenvalue weighted by Gasteiger charge is 2.21. The van der Waals surface area contributed by atoms with E-state index in [0.717, 1.165) is 33.0 Å². The summed E-state index contributed by atoms with van der Waals surface area (Å²) in [6.07, 6.45) is 0. The van der Waals surface area contributed by atoms with Crippen LogP contribution in [0.5, 0.6) is 0 Å². The third-order valence-corrected chi connectivity index (χ3v) is 9.09. The molecule has 0 aliphatic carbocycles. The molecule has 200 valence electrons. The lowest BCUT2D eigenvalue weighted by Crippen LogP contribution is -1.94. The van der Waals surface area contributed by atoms with E-state index in [1.165, 1.54) is 54.7 Å². The highest BCUT2D eigenvalue weighted by atomic mass is 16.3. The molecule has 10 rings (SSSR count). The zero-order valence-corrected chi connectivity index (χ0v) is 23.2. The van der Waals surface area contributed by atoms with Crippen molar-refractivity contribution in [2.24, 2.45) is 0 Å². The number of rotatable bonds is 2. The quantitative estimate of drug-likeness (QED) is 0.211. The summed E-state index contributed by atoms with van der Waals surface area (Å²) in [7, 11) is 0. The highest BCUT2D eigenvalue weighted by Crippen LogP contribution is 2.43. The lowest BCUT2D eigenvalue weighted by Gasteiger charge is -2.09. The molecule has 0 saturated heterocycles. The summed E-state index contributed by atoms with van der Waals surface area (Å²) in [5.74, 6) is 0. The fourth-order valence-electron chi connectivity index (χ4n) is 7.28. The van der Waals surface area contributed by atoms with Crippen molar-refractivity contribution in [2.45, 2.75) is 0 Å². The molecular formula is C40H24N2O. The van der Waals surface area contributed by atoms with Crippen molar-refractivity contribution in [1.29, 1.82) is 0 Å². The van der Waals surface area contributed by atoms with E-state index in [4.69, 9.17) is 4.42 Å². The Labute approximate surface area is 246 Å². The van der Waals surface area contributed by atoms with Crippen molar-refractivity contribution < 1.29 is 4.42 Å². The predicted octanol–water partition coefficient (Wildman–Crippen LogP) is 10.9. The Morgan fingerprint density at radius 2 is 0.977 bits per heavy atom. The van der Waals surface area contributed by atoms with Crippen LogP contribution in [0.15, 0.2) is 150 Å². The number of hydrogen-bond donors (Lipinski definition) is 0. The molecule has 43 heavy (non-hydrogen) atoms. The first-order valence-electron chi connectivity index (χ1n) is 14.7. The van der Waals surface area contributed by atoms with Gasteiger partial charge in [-0.25, -0.2) is 0 Å². The number of hydrogen-bond acceptors (Lipinski definition) is 1. The van der Waals surface area contributed by atoms with Crippen molar-refractivity contribution in [3.8, 4) is 11.4 Å². The molecule has 0 saturated carbocycles. The van der Waals surface area contributed by atoms with Crippen molar-refractivity contribution in [1.82, 2.24) is 9.13 Å². The molecule has 0 amide bonds. The van der Waals surface area contributed by atoms with Crippen LogP contribution in [0, 0.1) is 0 Å². The minimum absolute atomic E-state index is 0.907. The van der Waals surface area contributed by atoms with Gasteiger partial charge in [-0.05, 0) is 66.0 Å². The molecule has 10 aromatic rings. The zero-order chi connectivity index (χ0) is 28.1. The van der Waals surface area contributed by atoms with Crippen LogP contribution in [-0.4, -0.2) is 9.13 Å². The van der Waals surface area contributed by atoms with E-state index in [1.807, 2.05) is 0 Å². The average molecular weight is 549 g/mol. The monoisotopic (exact) mass is 548 g/mol. The van der Waals surface area contributed by atoms with Gasteiger partial charge in [0.05, 0.1) is 22.1 Å². The number of fused-ring (bicyclic) bond motifs is 12. The van der Waals surface area contributed by atoms with Crippen molar-refractivity contribution in [3.63, 3.8) is 0 Å². The van der Waals surface area contributed by atoms with Crippen LogP contribution < -0.4 is 0 Å². The molecule has 0 aliphatic heterocycles. The molecule has 0 bridgehead atoms. The molecule has 0 N–H and O–H groups in total. The second-order valence-corrected chi connectivity index (χ2v) is 11.3. The summed E-state index contributed by atoms with van der Waals surface area (Å²) in [6.45, 7) is 0. The third-order valence-electron chi connectivity index (χ3n) is 9.09. The number of nitrogens with zero attached hydrogens (tertiary/aromatic N) is 2. The normalized spacial score (nSPS) is 12.2. The van der Waals surface area contributed by atoms with E-state index in [-0.39, 0.29) is 0 Å². The molecule has 0 atom stereocenters. The number of furan rings is 1. The Kier molecular flexibility index (Phi) is 4.45. The van der Waals surface area contributed by atoms with Crippen LogP contribution in [0.3, 0.4) is 0 Å². The first kappa shape index (κ1) is 22.8. The van der Waals surface area contributed by atoms with Gasteiger partial charge in [-0.1, -0.05) is 84.9 Å². The average Bonchev–Trinajstić information content (AvgIpc) is 3.72. The molecule has 0 spiro atoms. The van der Waals surface area contributed by atoms with Crippen LogP contribution >= 0.6 is 0 Å². The first-order valence-corrected chi connectivity index (χ1v) is 14.7. The van der Waals surface area contributed by atoms with Gasteiger partial charge in [0.2, 0.25) is 0 Å². The minimum atomic E-state index is 0.907. The van der Waals surface area contributed by atoms with E-state index in [9.17, 15) is 0 Å². The van der Waals surface area contributed by atoms with Crippen LogP contribution in [-0.2, 0) is 0 Å². The predicted molar refractivity (Wildman–Crippen MR) is 180 cm³/mol. The van der Waals surface area contributed by atoms with E-state index >= 15 is 0 Å². The second kappa shape index (κ2) is 8.37. The third kappa shape index (κ3) is 3.03. The van der Waals surface area contributed by atoms with Gasteiger partial charge in [0, 0.05) is 49.1 Å². The highest BCUT2D eigenvalue weighted by molar-refractivity contribution is 6.29. The summed E-state index contributed by atoms with van der Waals surface area (Å²) in [6, 6.07) is 52.3. The van der Waals surface area contributed by atoms with Gasteiger partial charge in [0.1, 0.15) is 11.2 Å². The maximum absolute atomic E-state index is 6.45. The van der Waals surface area contributed by atoms with Crippen molar-refractivity contribution in [2.75, 3.05) is 0 Å². The van der Waals surface area contributed by atoms with Crippen LogP contribution in [0.25, 0.3) is 87.7 Å². The molecule has 3 heterocycles. The standard InChI is InChI=1S/C40H24N2O/c1-2-11-26(12-3-1)41-33-16-8-6-14-30(33)38-35(41)21-22-36-39(38)31-15-7-9-17-34(31)42(36)27-19-23-37-32(24-27)29-20-18-25-10-4-5-13-28(25)40(29)43-37/h1-24H. The van der Waals surface area contributed by atoms with Gasteiger partial charge in [0.25, 0.3) is 0 Å². The Hall–Kier alpha value is -5.80. The molecular weight excluding hydrogens is 524 g/mol. The van der Waals surface area contributed by atoms with Crippen molar-refractivity contribution in [3.05, 3.63) is 146 Å². The van der Waals surface area contributed by atoms with E-state index in [0.29, 0.717) is 0 Å². The number of aromatic nitrogens is 2. The summed E-state index contributed by atoms with van der Waals surface area (Å²) in [5, 5.41) is 9.69. The number of para-hydroxylation sites is 3. The largest absolute Gasteiger partial charge is 0.455 e. The Morgan fingerprint density at radius 1 is 0.372 bits per heavy atom. The summed E-state index contributed by atoms with van der Waals surface area (Å²) < 4.78 is 11.3. The molecule has 0 aliphatic rings. The summed E-state index contributed by atoms with van der Waals surface area (Å²) in [5.41, 5.74) is 8.97. The van der Waals surface area contributed by atoms with Gasteiger partial charge in [0.15, 0.2) is 0 Å². The zero-order valence-electron chi connectivity index (χ0n) is 23.2. The molecule has 0 radical (unpaired) electrons. The van der Waals surface area contributed by atoms with Gasteiger partial charge < -0.3 is 13.6 Å². The molecule has 3 heteroatoms. The van der Waals surface area contributed by atoms with Crippen LogP contribution in [0.1, 0.15) is 0 Å². The van der Waals surface area contributed by atoms with Gasteiger partial charge in [-0.3, -0.25) is 0 Å². The van der Waals surface area contributed by atoms with Gasteiger partial charge >= 0.3 is 0 Å². The molecule has 0 unspecified atom stereocenters. The number of benzene rings is 7. The van der Waals surface area contributed by atoms with E-state index in [1.54, 1.807) is 0 Å². The minimum Gasteiger partial charge on any atom is -0.455 e. The Bertz CT molecular complexity index is 2720. The summed E-state index contributed by atoms with van der Waals surface area (Å²) in [4.78, 5) is 0. The Morgan fingerprint density at radius 3 is 1.70 bits per heavy atom. The second-order valence-electron chi connectivity index (χ2n) is 11.3. The first-order chi connectivity index (χ1) is 21.3. The fourth-order valence-corrected chi connectivity index (χ4v) is 7.28. The maximum atomic E-state index is 6.45. The Balaban J connectivity index is 1.32. The van der Waals surface area contributed by atoms with Gasteiger partial charge in [-0.15, -0.1) is 0 Å². The summed E-state index contributed by atoms with van der Waals surface area (Å²) >= 11 is 0. The van der Waals surface area contributed by atoms with E-state index < -0.39 is 0 Å². The van der Waals surface area contributed by atoms with Crippen LogP contribution in [0.2, 0.25) is 0 Å². The molecule has 3 nitrogen and oxygen atoms in total. The van der Waals surface area contributed by atoms with E-state index in [2.05, 4.69) is 155 Å². The van der Waals surface area contributed by atoms with Gasteiger partial charge in [-0.2, -0.15) is 0 Å².